The summed E-state index contributed by atoms with van der Waals surface area (Å²) in [5, 5.41) is 9.56. The Labute approximate surface area is 195 Å². The largest absolute Gasteiger partial charge is 0.508 e. The summed E-state index contributed by atoms with van der Waals surface area (Å²) in [6, 6.07) is 16.9. The number of piperidine rings is 1. The van der Waals surface area contributed by atoms with Gasteiger partial charge in [-0.2, -0.15) is 0 Å². The summed E-state index contributed by atoms with van der Waals surface area (Å²) in [6.07, 6.45) is 2.46. The standard InChI is InChI=1S/C27H21F2NO4/c28-20-5-1-17(2-6-20)26(18-3-7-21(29)8-4-18)19-11-13-30(14-12-19)27(32)25-16-33-24-15-22(31)9-10-23(24)34-25/h1-10,15-16,31H,11-14H2. The molecule has 3 aromatic rings. The number of amides is 1. The third kappa shape index (κ3) is 4.37. The van der Waals surface area contributed by atoms with Crippen molar-refractivity contribution in [3.05, 3.63) is 107 Å². The van der Waals surface area contributed by atoms with E-state index in [1.54, 1.807) is 35.2 Å². The minimum atomic E-state index is -0.326. The van der Waals surface area contributed by atoms with Crippen molar-refractivity contribution in [3.63, 3.8) is 0 Å². The van der Waals surface area contributed by atoms with E-state index in [0.717, 1.165) is 22.3 Å². The van der Waals surface area contributed by atoms with Crippen LogP contribution in [0.1, 0.15) is 24.0 Å². The zero-order valence-electron chi connectivity index (χ0n) is 18.1. The molecular weight excluding hydrogens is 440 g/mol. The zero-order chi connectivity index (χ0) is 23.7. The summed E-state index contributed by atoms with van der Waals surface area (Å²) in [5.74, 6) is -0.135. The van der Waals surface area contributed by atoms with Crippen LogP contribution in [0.4, 0.5) is 8.78 Å². The molecule has 2 heterocycles. The van der Waals surface area contributed by atoms with E-state index in [4.69, 9.17) is 9.47 Å². The lowest BCUT2D eigenvalue weighted by Crippen LogP contribution is -2.39. The van der Waals surface area contributed by atoms with E-state index in [1.807, 2.05) is 0 Å². The average molecular weight is 461 g/mol. The number of fused-ring (bicyclic) bond motifs is 1. The summed E-state index contributed by atoms with van der Waals surface area (Å²) in [6.45, 7) is 0.923. The minimum absolute atomic E-state index is 0.0407. The number of nitrogens with zero attached hydrogens (tertiary/aromatic N) is 1. The molecule has 0 bridgehead atoms. The third-order valence-corrected chi connectivity index (χ3v) is 5.92. The molecule has 5 nitrogen and oxygen atoms in total. The van der Waals surface area contributed by atoms with Crippen LogP contribution in [-0.2, 0) is 4.79 Å². The van der Waals surface area contributed by atoms with Crippen molar-refractivity contribution < 1.29 is 28.2 Å². The Morgan fingerprint density at radius 2 is 1.41 bits per heavy atom. The summed E-state index contributed by atoms with van der Waals surface area (Å²) < 4.78 is 38.2. The lowest BCUT2D eigenvalue weighted by molar-refractivity contribution is -0.130. The fourth-order valence-corrected chi connectivity index (χ4v) is 4.22. The van der Waals surface area contributed by atoms with Gasteiger partial charge in [-0.05, 0) is 65.9 Å². The highest BCUT2D eigenvalue weighted by Gasteiger charge is 2.28. The summed E-state index contributed by atoms with van der Waals surface area (Å²) in [4.78, 5) is 14.7. The van der Waals surface area contributed by atoms with Gasteiger partial charge in [0.05, 0.1) is 0 Å². The summed E-state index contributed by atoms with van der Waals surface area (Å²) >= 11 is 0. The molecule has 7 heteroatoms. The normalized spacial score (nSPS) is 15.1. The first kappa shape index (κ1) is 21.7. The number of ether oxygens (including phenoxy) is 2. The number of hydrogen-bond acceptors (Lipinski definition) is 4. The van der Waals surface area contributed by atoms with Crippen LogP contribution < -0.4 is 9.47 Å². The first-order valence-corrected chi connectivity index (χ1v) is 10.9. The molecule has 1 saturated heterocycles. The van der Waals surface area contributed by atoms with Gasteiger partial charge >= 0.3 is 0 Å². The third-order valence-electron chi connectivity index (χ3n) is 5.92. The highest BCUT2D eigenvalue weighted by Crippen LogP contribution is 2.37. The molecule has 1 amide bonds. The molecule has 34 heavy (non-hydrogen) atoms. The summed E-state index contributed by atoms with van der Waals surface area (Å²) in [5.41, 5.74) is 3.72. The van der Waals surface area contributed by atoms with Crippen LogP contribution in [-0.4, -0.2) is 29.0 Å². The van der Waals surface area contributed by atoms with Gasteiger partial charge in [0.2, 0.25) is 5.76 Å². The van der Waals surface area contributed by atoms with Crippen LogP contribution in [0.25, 0.3) is 5.57 Å². The topological polar surface area (TPSA) is 59.0 Å². The maximum Gasteiger partial charge on any atom is 0.292 e. The van der Waals surface area contributed by atoms with Crippen molar-refractivity contribution in [1.82, 2.24) is 4.90 Å². The van der Waals surface area contributed by atoms with Crippen LogP contribution in [0.5, 0.6) is 17.2 Å². The zero-order valence-corrected chi connectivity index (χ0v) is 18.1. The van der Waals surface area contributed by atoms with Crippen molar-refractivity contribution in [2.75, 3.05) is 13.1 Å². The quantitative estimate of drug-likeness (QED) is 0.567. The molecule has 0 atom stereocenters. The van der Waals surface area contributed by atoms with E-state index in [-0.39, 0.29) is 29.1 Å². The number of carbonyl (C=O) groups excluding carboxylic acids is 1. The fraction of sp³-hybridized carbons (Fsp3) is 0.148. The number of hydrogen-bond donors (Lipinski definition) is 1. The summed E-state index contributed by atoms with van der Waals surface area (Å²) in [7, 11) is 0. The lowest BCUT2D eigenvalue weighted by Gasteiger charge is -2.31. The SMILES string of the molecule is O=C(C1=COc2cc(O)ccc2O1)N1CCC(=C(c2ccc(F)cc2)c2ccc(F)cc2)CC1. The second kappa shape index (κ2) is 9.02. The number of carbonyl (C=O) groups is 1. The van der Waals surface area contributed by atoms with Crippen LogP contribution in [0.3, 0.4) is 0 Å². The predicted octanol–water partition coefficient (Wildman–Crippen LogP) is 5.41. The monoisotopic (exact) mass is 461 g/mol. The van der Waals surface area contributed by atoms with Gasteiger partial charge in [0.15, 0.2) is 11.5 Å². The molecule has 5 rings (SSSR count). The molecule has 2 aliphatic rings. The van der Waals surface area contributed by atoms with Crippen LogP contribution >= 0.6 is 0 Å². The molecule has 172 valence electrons. The van der Waals surface area contributed by atoms with Gasteiger partial charge in [-0.1, -0.05) is 29.8 Å². The minimum Gasteiger partial charge on any atom is -0.508 e. The lowest BCUT2D eigenvalue weighted by atomic mass is 9.88. The number of phenols is 1. The molecule has 0 radical (unpaired) electrons. The van der Waals surface area contributed by atoms with Crippen molar-refractivity contribution in [2.45, 2.75) is 12.8 Å². The van der Waals surface area contributed by atoms with Gasteiger partial charge < -0.3 is 19.5 Å². The smallest absolute Gasteiger partial charge is 0.292 e. The Bertz CT molecular complexity index is 1240. The number of phenolic OH excluding ortho intramolecular Hbond substituents is 1. The Hall–Kier alpha value is -4.13. The highest BCUT2D eigenvalue weighted by molar-refractivity contribution is 5.92. The number of aromatic hydroxyl groups is 1. The molecule has 1 fully saturated rings. The Morgan fingerprint density at radius 3 is 2.00 bits per heavy atom. The van der Waals surface area contributed by atoms with Crippen LogP contribution in [0, 0.1) is 11.6 Å². The molecule has 0 spiro atoms. The molecule has 0 saturated carbocycles. The van der Waals surface area contributed by atoms with Gasteiger partial charge in [-0.25, -0.2) is 8.78 Å². The van der Waals surface area contributed by atoms with Crippen molar-refractivity contribution in [3.8, 4) is 17.2 Å². The van der Waals surface area contributed by atoms with Crippen LogP contribution in [0.2, 0.25) is 0 Å². The molecule has 0 aliphatic carbocycles. The highest BCUT2D eigenvalue weighted by atomic mass is 19.1. The second-order valence-corrected chi connectivity index (χ2v) is 8.12. The Balaban J connectivity index is 1.36. The number of likely N-dealkylation sites (tertiary alicyclic amines) is 1. The Morgan fingerprint density at radius 1 is 0.824 bits per heavy atom. The van der Waals surface area contributed by atoms with Crippen molar-refractivity contribution in [2.24, 2.45) is 0 Å². The van der Waals surface area contributed by atoms with Gasteiger partial charge in [0.1, 0.15) is 23.6 Å². The predicted molar refractivity (Wildman–Crippen MR) is 122 cm³/mol. The van der Waals surface area contributed by atoms with Crippen LogP contribution in [0.15, 0.2) is 84.3 Å². The number of halogens is 2. The van der Waals surface area contributed by atoms with E-state index < -0.39 is 0 Å². The molecule has 3 aromatic carbocycles. The van der Waals surface area contributed by atoms with Gasteiger partial charge in [0, 0.05) is 19.2 Å². The van der Waals surface area contributed by atoms with E-state index >= 15 is 0 Å². The van der Waals surface area contributed by atoms with Gasteiger partial charge in [0.25, 0.3) is 5.91 Å². The first-order chi connectivity index (χ1) is 16.5. The number of benzene rings is 3. The van der Waals surface area contributed by atoms with E-state index in [1.165, 1.54) is 42.7 Å². The van der Waals surface area contributed by atoms with E-state index in [2.05, 4.69) is 0 Å². The van der Waals surface area contributed by atoms with Crippen molar-refractivity contribution in [1.29, 1.82) is 0 Å². The Kier molecular flexibility index (Phi) is 5.76. The molecule has 1 N–H and O–H groups in total. The molecule has 0 aromatic heterocycles. The molecule has 0 unspecified atom stereocenters. The average Bonchev–Trinajstić information content (AvgIpc) is 2.86. The van der Waals surface area contributed by atoms with Gasteiger partial charge in [-0.15, -0.1) is 0 Å². The second-order valence-electron chi connectivity index (χ2n) is 8.12. The van der Waals surface area contributed by atoms with Crippen molar-refractivity contribution >= 4 is 11.5 Å². The first-order valence-electron chi connectivity index (χ1n) is 10.9. The molecule has 2 aliphatic heterocycles. The van der Waals surface area contributed by atoms with Gasteiger partial charge in [-0.3, -0.25) is 4.79 Å². The fourth-order valence-electron chi connectivity index (χ4n) is 4.22. The molecular formula is C27H21F2NO4. The maximum atomic E-state index is 13.5. The number of rotatable bonds is 3. The maximum absolute atomic E-state index is 13.5. The van der Waals surface area contributed by atoms with E-state index in [0.29, 0.717) is 37.4 Å². The van der Waals surface area contributed by atoms with E-state index in [9.17, 15) is 18.7 Å².